The van der Waals surface area contributed by atoms with E-state index >= 15 is 0 Å². The summed E-state index contributed by atoms with van der Waals surface area (Å²) in [4.78, 5) is 9.56. The first kappa shape index (κ1) is 98.8. The molecule has 0 amide bonds. The van der Waals surface area contributed by atoms with Crippen LogP contribution in [0, 0.1) is 52.4 Å². The quantitative estimate of drug-likeness (QED) is 0.0274. The number of hydrogen-bond donors (Lipinski definition) is 3. The van der Waals surface area contributed by atoms with Gasteiger partial charge in [0.1, 0.15) is 71.1 Å². The Hall–Kier alpha value is -10.7. The predicted octanol–water partition coefficient (Wildman–Crippen LogP) is 20.9. The van der Waals surface area contributed by atoms with Crippen molar-refractivity contribution in [2.75, 3.05) is 38.5 Å². The van der Waals surface area contributed by atoms with Gasteiger partial charge in [-0.25, -0.2) is 39.5 Å². The van der Waals surface area contributed by atoms with Crippen LogP contribution in [0.1, 0.15) is 127 Å². The molecule has 0 radical (unpaired) electrons. The van der Waals surface area contributed by atoms with E-state index in [0.717, 1.165) is 260 Å². The number of nitrogen functional groups attached to an aromatic ring is 1. The number of hydrogen-bond acceptors (Lipinski definition) is 10. The van der Waals surface area contributed by atoms with Gasteiger partial charge in [0.2, 0.25) is 0 Å². The van der Waals surface area contributed by atoms with Crippen molar-refractivity contribution in [3.8, 4) is 124 Å². The SMILES string of the molecule is Fc1ccc(-c2cc(-c3cnc4cc(OC5CCCC5)c(-c5ccc(F)c(F)c5)cc4c3)ccc2OC2CCCC2)cc1.Fc1ccc(-c2cc(-c3cnc4cc(O[C@H]5CC[NH2+]C5)c(-c5ccc(F)c(F)c5)cc4c3)ccc2O[C@H]2CC[NH2+]C2)cc1.Fc1ccc(-c2cc(C3CO3)ccc2OC2CCCC2)cc1.Nc1ccc(-c2ccc(F)c(F)c2)c(OC2CCCC2)c1.[Cl-].[Cl-].[Cl][Fe]([Cl])[Cl]. The van der Waals surface area contributed by atoms with Crippen LogP contribution in [0.15, 0.2) is 249 Å². The molecule has 0 spiro atoms. The van der Waals surface area contributed by atoms with E-state index in [0.29, 0.717) is 56.9 Å². The molecule has 135 heavy (non-hydrogen) atoms. The monoisotopic (exact) mass is 1980 g/mol. The number of halogens is 14. The second-order valence-corrected chi connectivity index (χ2v) is 40.1. The third-order valence-corrected chi connectivity index (χ3v) is 25.3. The van der Waals surface area contributed by atoms with Crippen molar-refractivity contribution in [2.45, 2.75) is 158 Å². The van der Waals surface area contributed by atoms with Gasteiger partial charge in [-0.1, -0.05) is 72.8 Å². The molecular weight excluding hydrogens is 1880 g/mol. The molecular formula is C108H100Cl5F9FeN5O7. The van der Waals surface area contributed by atoms with Gasteiger partial charge in [0.25, 0.3) is 0 Å². The molecule has 1 unspecified atom stereocenters. The molecule has 2 aromatic heterocycles. The molecule has 3 aliphatic heterocycles. The van der Waals surface area contributed by atoms with Crippen molar-refractivity contribution in [3.05, 3.63) is 307 Å². The molecule has 7 aliphatic rings. The third kappa shape index (κ3) is 25.8. The van der Waals surface area contributed by atoms with E-state index in [4.69, 9.17) is 79.2 Å². The number of fused-ring (bicyclic) bond motifs is 2. The number of ether oxygens (including phenoxy) is 7. The third-order valence-electron chi connectivity index (χ3n) is 25.3. The summed E-state index contributed by atoms with van der Waals surface area (Å²) in [5.74, 6) is -1.81. The average Bonchev–Trinajstić information content (AvgIpc) is 1.74. The van der Waals surface area contributed by atoms with E-state index in [1.54, 1.807) is 60.7 Å². The summed E-state index contributed by atoms with van der Waals surface area (Å²) < 4.78 is 167. The summed E-state index contributed by atoms with van der Waals surface area (Å²) in [6.45, 7) is 4.56. The average molecular weight is 1980 g/mol. The standard InChI is InChI=1S/C37H32F3NO2.C35H30F3N3O2.C19H19FO2.C17H17F2NO.5ClH.Fe/c38-28-13-9-23(10-14-28)31-18-24(12-16-36(31)42-29-5-1-2-6-29)27-17-26-19-32(25-11-15-33(39)34(40)20-25)37(21-35(26)41-22-27)43-30-7-3-4-8-30;36-26-5-1-21(2-6-26)29-14-22(4-8-34(29)42-27-9-11-39-19-27)25-13-24-15-30(23-3-7-31(37)32(38)16-23)35(17-33(24)41-18-25)43-28-10-12-40-20-28;20-15-8-5-13(6-9-15)17-11-14(19-12-21-19)7-10-18(17)22-16-3-1-2-4-16;18-15-8-5-11(9-16(15)19)14-7-6-12(20)10-17(14)21-13-3-1-2-4-13;;;;;;/h9-22,29-30H,1-8H2;1-8,13-18,27-28,39-40H,9-12,19-20H2;5-11,16,19H,1-4,12H2;5-10,13H,1-4,20H2;5*1H;/q;;;;;;;;;+3/p-3/t;27-,28-;;;;;;;;/m.0......../s1. The Kier molecular flexibility index (Phi) is 34.0. The van der Waals surface area contributed by atoms with Crippen LogP contribution in [0.25, 0.3) is 111 Å². The summed E-state index contributed by atoms with van der Waals surface area (Å²) in [6, 6.07) is 66.6. The van der Waals surface area contributed by atoms with Crippen molar-refractivity contribution in [1.82, 2.24) is 9.97 Å². The van der Waals surface area contributed by atoms with Crippen LogP contribution in [0.5, 0.6) is 34.5 Å². The fourth-order valence-electron chi connectivity index (χ4n) is 18.2. The van der Waals surface area contributed by atoms with Gasteiger partial charge in [0.05, 0.1) is 55.1 Å². The molecule has 3 saturated heterocycles. The number of epoxide rings is 1. The number of anilines is 1. The van der Waals surface area contributed by atoms with Crippen LogP contribution in [0.4, 0.5) is 45.2 Å². The van der Waals surface area contributed by atoms with E-state index in [1.807, 2.05) is 91.3 Å². The van der Waals surface area contributed by atoms with Gasteiger partial charge in [-0.2, -0.15) is 0 Å². The number of benzene rings is 12. The van der Waals surface area contributed by atoms with Gasteiger partial charge < -0.3 is 74.3 Å². The van der Waals surface area contributed by atoms with E-state index in [9.17, 15) is 39.5 Å². The summed E-state index contributed by atoms with van der Waals surface area (Å²) in [7, 11) is 14.7. The second-order valence-electron chi connectivity index (χ2n) is 34.6. The predicted molar refractivity (Wildman–Crippen MR) is 503 cm³/mol. The van der Waals surface area contributed by atoms with E-state index in [2.05, 4.69) is 34.9 Å². The van der Waals surface area contributed by atoms with Gasteiger partial charge in [-0.15, -0.1) is 0 Å². The van der Waals surface area contributed by atoms with Gasteiger partial charge in [-0.3, -0.25) is 9.97 Å². The fourth-order valence-corrected chi connectivity index (χ4v) is 18.2. The van der Waals surface area contributed by atoms with Crippen molar-refractivity contribution in [3.63, 3.8) is 0 Å². The Bertz CT molecular complexity index is 6140. The van der Waals surface area contributed by atoms with Crippen molar-refractivity contribution < 1.29 is 119 Å². The summed E-state index contributed by atoms with van der Waals surface area (Å²) in [5.41, 5.74) is 22.0. The normalized spacial score (nSPS) is 17.0. The number of nitrogens with two attached hydrogens (primary N) is 3. The second kappa shape index (κ2) is 46.4. The van der Waals surface area contributed by atoms with Gasteiger partial charge >= 0.3 is 41.5 Å². The molecule has 705 valence electrons. The molecule has 3 atom stereocenters. The topological polar surface area (TPSA) is 153 Å². The molecule has 4 aliphatic carbocycles. The zero-order chi connectivity index (χ0) is 92.0. The summed E-state index contributed by atoms with van der Waals surface area (Å²) >= 11 is -1.33. The zero-order valence-corrected chi connectivity index (χ0v) is 78.5. The Labute approximate surface area is 808 Å². The first-order valence-electron chi connectivity index (χ1n) is 45.4. The molecule has 0 bridgehead atoms. The molecule has 27 heteroatoms. The van der Waals surface area contributed by atoms with E-state index in [1.165, 1.54) is 67.4 Å². The van der Waals surface area contributed by atoms with Crippen LogP contribution in [-0.4, -0.2) is 79.4 Å². The van der Waals surface area contributed by atoms with Gasteiger partial charge in [0.15, 0.2) is 47.1 Å². The van der Waals surface area contributed by atoms with Crippen LogP contribution >= 0.6 is 30.3 Å². The molecule has 7 fully saturated rings. The van der Waals surface area contributed by atoms with Crippen molar-refractivity contribution >= 4 is 57.8 Å². The first-order valence-corrected chi connectivity index (χ1v) is 50.0. The molecule has 6 N–H and O–H groups in total. The number of nitrogens with zero attached hydrogens (tertiary/aromatic N) is 2. The minimum atomic E-state index is -1.33. The fraction of sp³-hybridized carbons (Fsp3) is 0.278. The minimum absolute atomic E-state index is 0. The number of aromatic nitrogens is 2. The molecule has 12 nitrogen and oxygen atoms in total. The molecule has 5 heterocycles. The van der Waals surface area contributed by atoms with Crippen LogP contribution < -0.4 is 69.6 Å². The number of pyridine rings is 2. The summed E-state index contributed by atoms with van der Waals surface area (Å²) in [5, 5.41) is 6.14. The Balaban J connectivity index is 0.000000141. The van der Waals surface area contributed by atoms with E-state index < -0.39 is 46.1 Å². The van der Waals surface area contributed by atoms with Crippen molar-refractivity contribution in [2.24, 2.45) is 0 Å². The van der Waals surface area contributed by atoms with Gasteiger partial charge in [0, 0.05) is 104 Å². The zero-order valence-electron chi connectivity index (χ0n) is 73.6. The Morgan fingerprint density at radius 3 is 0.963 bits per heavy atom. The molecule has 21 rings (SSSR count). The Morgan fingerprint density at radius 1 is 0.296 bits per heavy atom. The van der Waals surface area contributed by atoms with Crippen LogP contribution in [0.3, 0.4) is 0 Å². The molecule has 4 saturated carbocycles. The maximum atomic E-state index is 14.3. The van der Waals surface area contributed by atoms with Gasteiger partial charge in [-0.05, 0) is 298 Å². The van der Waals surface area contributed by atoms with Crippen LogP contribution in [0.2, 0.25) is 0 Å². The van der Waals surface area contributed by atoms with Crippen molar-refractivity contribution in [1.29, 1.82) is 0 Å². The number of quaternary nitrogens is 2. The maximum absolute atomic E-state index is 14.3. The molecule has 12 aromatic carbocycles. The van der Waals surface area contributed by atoms with E-state index in [-0.39, 0.29) is 78.9 Å². The Morgan fingerprint density at radius 2 is 0.607 bits per heavy atom. The molecule has 14 aromatic rings. The van der Waals surface area contributed by atoms with Crippen LogP contribution in [-0.2, 0) is 15.9 Å². The summed E-state index contributed by atoms with van der Waals surface area (Å²) in [6.07, 6.45) is 24.3. The number of rotatable bonds is 21. The first-order chi connectivity index (χ1) is 64.6.